The van der Waals surface area contributed by atoms with Crippen molar-refractivity contribution in [1.29, 1.82) is 0 Å². The number of carbonyl (C=O) groups is 1. The van der Waals surface area contributed by atoms with Crippen LogP contribution >= 0.6 is 0 Å². The molecular formula is C24H24O4. The first-order chi connectivity index (χ1) is 13.5. The highest BCUT2D eigenvalue weighted by atomic mass is 16.5. The third kappa shape index (κ3) is 5.44. The van der Waals surface area contributed by atoms with Gasteiger partial charge in [-0.25, -0.2) is 4.79 Å². The van der Waals surface area contributed by atoms with Crippen molar-refractivity contribution in [2.45, 2.75) is 31.5 Å². The van der Waals surface area contributed by atoms with Crippen molar-refractivity contribution in [2.75, 3.05) is 0 Å². The highest BCUT2D eigenvalue weighted by molar-refractivity contribution is 5.77. The second-order valence-electron chi connectivity index (χ2n) is 6.92. The average molecular weight is 376 g/mol. The van der Waals surface area contributed by atoms with E-state index in [1.54, 1.807) is 0 Å². The highest BCUT2D eigenvalue weighted by Gasteiger charge is 2.35. The fourth-order valence-electron chi connectivity index (χ4n) is 3.05. The number of hydrogen-bond donors (Lipinski definition) is 2. The summed E-state index contributed by atoms with van der Waals surface area (Å²) in [6, 6.07) is 26.7. The Bertz CT molecular complexity index is 875. The zero-order valence-corrected chi connectivity index (χ0v) is 15.6. The number of aryl methyl sites for hydroxylation is 1. The molecule has 144 valence electrons. The molecule has 4 nitrogen and oxygen atoms in total. The third-order valence-corrected chi connectivity index (χ3v) is 4.74. The van der Waals surface area contributed by atoms with Gasteiger partial charge >= 0.3 is 5.97 Å². The van der Waals surface area contributed by atoms with Gasteiger partial charge in [0, 0.05) is 6.42 Å². The standard InChI is InChI=1S/C24H24O4/c25-23(26)24(27,17-20-7-3-1-4-8-20)16-15-19-11-13-22(14-12-19)28-18-21-9-5-2-6-10-21/h1-14,27H,15-18H2,(H,25,26)/t24-/m0/s1. The molecule has 28 heavy (non-hydrogen) atoms. The van der Waals surface area contributed by atoms with E-state index in [1.165, 1.54) is 0 Å². The Kier molecular flexibility index (Phi) is 6.45. The molecule has 0 heterocycles. The van der Waals surface area contributed by atoms with Crippen LogP contribution in [0.25, 0.3) is 0 Å². The number of aliphatic carboxylic acids is 1. The van der Waals surface area contributed by atoms with Gasteiger partial charge in [-0.2, -0.15) is 0 Å². The van der Waals surface area contributed by atoms with E-state index >= 15 is 0 Å². The van der Waals surface area contributed by atoms with Gasteiger partial charge in [0.25, 0.3) is 0 Å². The Labute approximate surface area is 165 Å². The Morgan fingerprint density at radius 1 is 0.786 bits per heavy atom. The van der Waals surface area contributed by atoms with Gasteiger partial charge < -0.3 is 14.9 Å². The van der Waals surface area contributed by atoms with Crippen molar-refractivity contribution in [3.63, 3.8) is 0 Å². The van der Waals surface area contributed by atoms with Crippen molar-refractivity contribution < 1.29 is 19.7 Å². The van der Waals surface area contributed by atoms with Gasteiger partial charge in [-0.15, -0.1) is 0 Å². The lowest BCUT2D eigenvalue weighted by atomic mass is 9.88. The maximum Gasteiger partial charge on any atom is 0.336 e. The van der Waals surface area contributed by atoms with Crippen molar-refractivity contribution in [1.82, 2.24) is 0 Å². The van der Waals surface area contributed by atoms with E-state index in [0.29, 0.717) is 13.0 Å². The lowest BCUT2D eigenvalue weighted by Crippen LogP contribution is -2.41. The molecule has 3 aromatic carbocycles. The molecule has 0 saturated heterocycles. The molecule has 0 aliphatic carbocycles. The number of benzene rings is 3. The molecule has 3 rings (SSSR count). The van der Waals surface area contributed by atoms with Crippen LogP contribution in [0.2, 0.25) is 0 Å². The number of hydrogen-bond acceptors (Lipinski definition) is 3. The molecule has 0 aromatic heterocycles. The van der Waals surface area contributed by atoms with E-state index in [9.17, 15) is 15.0 Å². The summed E-state index contributed by atoms with van der Waals surface area (Å²) in [7, 11) is 0. The number of aliphatic hydroxyl groups is 1. The Balaban J connectivity index is 1.57. The van der Waals surface area contributed by atoms with Crippen molar-refractivity contribution >= 4 is 5.97 Å². The van der Waals surface area contributed by atoms with Crippen molar-refractivity contribution in [3.8, 4) is 5.75 Å². The second kappa shape index (κ2) is 9.20. The fourth-order valence-corrected chi connectivity index (χ4v) is 3.05. The molecule has 2 N–H and O–H groups in total. The third-order valence-electron chi connectivity index (χ3n) is 4.74. The Morgan fingerprint density at radius 3 is 1.93 bits per heavy atom. The molecule has 1 atom stereocenters. The van der Waals surface area contributed by atoms with Crippen LogP contribution in [0.4, 0.5) is 0 Å². The second-order valence-corrected chi connectivity index (χ2v) is 6.92. The number of carboxylic acid groups (broad SMARTS) is 1. The SMILES string of the molecule is O=C(O)[C@](O)(CCc1ccc(OCc2ccccc2)cc1)Cc1ccccc1. The minimum atomic E-state index is -1.79. The predicted molar refractivity (Wildman–Crippen MR) is 108 cm³/mol. The lowest BCUT2D eigenvalue weighted by Gasteiger charge is -2.23. The summed E-state index contributed by atoms with van der Waals surface area (Å²) < 4.78 is 5.77. The van der Waals surface area contributed by atoms with E-state index < -0.39 is 11.6 Å². The van der Waals surface area contributed by atoms with E-state index in [0.717, 1.165) is 22.4 Å². The summed E-state index contributed by atoms with van der Waals surface area (Å²) in [5.74, 6) is -0.440. The largest absolute Gasteiger partial charge is 0.489 e. The van der Waals surface area contributed by atoms with Crippen LogP contribution in [0.1, 0.15) is 23.1 Å². The molecule has 0 amide bonds. The summed E-state index contributed by atoms with van der Waals surface area (Å²) in [6.45, 7) is 0.496. The molecular weight excluding hydrogens is 352 g/mol. The number of rotatable bonds is 9. The molecule has 0 spiro atoms. The minimum absolute atomic E-state index is 0.0848. The molecule has 0 bridgehead atoms. The highest BCUT2D eigenvalue weighted by Crippen LogP contribution is 2.22. The van der Waals surface area contributed by atoms with Crippen LogP contribution in [0.5, 0.6) is 5.75 Å². The van der Waals surface area contributed by atoms with Gasteiger partial charge in [0.2, 0.25) is 0 Å². The van der Waals surface area contributed by atoms with E-state index in [-0.39, 0.29) is 12.8 Å². The molecule has 0 fully saturated rings. The molecule has 0 aliphatic rings. The van der Waals surface area contributed by atoms with Crippen molar-refractivity contribution in [2.24, 2.45) is 0 Å². The van der Waals surface area contributed by atoms with Crippen LogP contribution in [0.15, 0.2) is 84.9 Å². The van der Waals surface area contributed by atoms with Crippen LogP contribution < -0.4 is 4.74 Å². The molecule has 0 unspecified atom stereocenters. The Morgan fingerprint density at radius 2 is 1.36 bits per heavy atom. The molecule has 0 radical (unpaired) electrons. The normalized spacial score (nSPS) is 12.9. The lowest BCUT2D eigenvalue weighted by molar-refractivity contribution is -0.159. The molecule has 3 aromatic rings. The summed E-state index contributed by atoms with van der Waals surface area (Å²) in [4.78, 5) is 11.7. The first-order valence-electron chi connectivity index (χ1n) is 9.30. The van der Waals surface area contributed by atoms with Crippen molar-refractivity contribution in [3.05, 3.63) is 102 Å². The monoisotopic (exact) mass is 376 g/mol. The number of ether oxygens (including phenoxy) is 1. The summed E-state index contributed by atoms with van der Waals surface area (Å²) in [5.41, 5.74) is 1.07. The summed E-state index contributed by atoms with van der Waals surface area (Å²) in [6.07, 6.45) is 0.692. The maximum absolute atomic E-state index is 11.7. The van der Waals surface area contributed by atoms with Gasteiger partial charge in [0.05, 0.1) is 0 Å². The van der Waals surface area contributed by atoms with Crippen LogP contribution in [0.3, 0.4) is 0 Å². The van der Waals surface area contributed by atoms with Crippen LogP contribution in [-0.4, -0.2) is 21.8 Å². The summed E-state index contributed by atoms with van der Waals surface area (Å²) >= 11 is 0. The zero-order chi connectivity index (χ0) is 19.8. The maximum atomic E-state index is 11.7. The van der Waals surface area contributed by atoms with Gasteiger partial charge in [0.1, 0.15) is 12.4 Å². The average Bonchev–Trinajstić information content (AvgIpc) is 2.73. The first-order valence-corrected chi connectivity index (χ1v) is 9.30. The van der Waals surface area contributed by atoms with Crippen LogP contribution in [-0.2, 0) is 24.2 Å². The van der Waals surface area contributed by atoms with Gasteiger partial charge in [-0.05, 0) is 41.7 Å². The van der Waals surface area contributed by atoms with Crippen LogP contribution in [0, 0.1) is 0 Å². The topological polar surface area (TPSA) is 66.8 Å². The summed E-state index contributed by atoms with van der Waals surface area (Å²) in [5, 5.41) is 20.2. The van der Waals surface area contributed by atoms with E-state index in [2.05, 4.69) is 0 Å². The number of carboxylic acids is 1. The van der Waals surface area contributed by atoms with Gasteiger partial charge in [-0.1, -0.05) is 72.8 Å². The minimum Gasteiger partial charge on any atom is -0.489 e. The fraction of sp³-hybridized carbons (Fsp3) is 0.208. The molecule has 4 heteroatoms. The Hall–Kier alpha value is -3.11. The predicted octanol–water partition coefficient (Wildman–Crippen LogP) is 4.26. The van der Waals surface area contributed by atoms with Gasteiger partial charge in [-0.3, -0.25) is 0 Å². The quantitative estimate of drug-likeness (QED) is 0.586. The first kappa shape index (κ1) is 19.6. The molecule has 0 saturated carbocycles. The zero-order valence-electron chi connectivity index (χ0n) is 15.6. The van der Waals surface area contributed by atoms with E-state index in [1.807, 2.05) is 84.9 Å². The smallest absolute Gasteiger partial charge is 0.336 e. The van der Waals surface area contributed by atoms with E-state index in [4.69, 9.17) is 4.74 Å². The van der Waals surface area contributed by atoms with Gasteiger partial charge in [0.15, 0.2) is 5.60 Å². The molecule has 0 aliphatic heterocycles.